The number of hydrogen-bond acceptors (Lipinski definition) is 5. The second kappa shape index (κ2) is 11.0. The summed E-state index contributed by atoms with van der Waals surface area (Å²) in [5, 5.41) is 22.4. The molecule has 1 heterocycles. The Balaban J connectivity index is 1.44. The lowest BCUT2D eigenvalue weighted by atomic mass is 10.2. The molecule has 0 bridgehead atoms. The van der Waals surface area contributed by atoms with Gasteiger partial charge in [0.05, 0.1) is 22.1 Å². The number of fused-ring (bicyclic) bond motifs is 1. The van der Waals surface area contributed by atoms with E-state index in [9.17, 15) is 14.7 Å². The van der Waals surface area contributed by atoms with E-state index < -0.39 is 11.8 Å². The van der Waals surface area contributed by atoms with Gasteiger partial charge in [0.2, 0.25) is 5.88 Å². The molecule has 0 aliphatic carbocycles. The van der Waals surface area contributed by atoms with Gasteiger partial charge >= 0.3 is 0 Å². The smallest absolute Gasteiger partial charge is 0.283 e. The van der Waals surface area contributed by atoms with E-state index in [1.807, 2.05) is 18.2 Å². The first-order chi connectivity index (χ1) is 16.9. The third-order valence-electron chi connectivity index (χ3n) is 5.05. The van der Waals surface area contributed by atoms with Crippen LogP contribution in [0.4, 0.5) is 5.69 Å². The number of para-hydroxylation sites is 2. The zero-order chi connectivity index (χ0) is 24.8. The third-order valence-corrected chi connectivity index (χ3v) is 5.79. The molecule has 0 fully saturated rings. The minimum atomic E-state index is -0.682. The highest BCUT2D eigenvalue weighted by Gasteiger charge is 2.17. The monoisotopic (exact) mass is 510 g/mol. The molecule has 2 amide bonds. The number of nitrogens with zero attached hydrogens (tertiary/aromatic N) is 3. The molecular formula is C25H20Cl2N4O4. The lowest BCUT2D eigenvalue weighted by Crippen LogP contribution is -2.32. The Morgan fingerprint density at radius 3 is 2.49 bits per heavy atom. The number of ether oxygens (including phenoxy) is 1. The van der Waals surface area contributed by atoms with Crippen LogP contribution in [0, 0.1) is 0 Å². The van der Waals surface area contributed by atoms with Crippen molar-refractivity contribution in [1.82, 2.24) is 9.88 Å². The molecule has 10 heteroatoms. The molecule has 0 spiro atoms. The predicted molar refractivity (Wildman–Crippen MR) is 134 cm³/mol. The number of benzene rings is 3. The van der Waals surface area contributed by atoms with Crippen LogP contribution in [0.2, 0.25) is 10.0 Å². The van der Waals surface area contributed by atoms with E-state index in [1.165, 1.54) is 0 Å². The molecule has 35 heavy (non-hydrogen) atoms. The van der Waals surface area contributed by atoms with Crippen molar-refractivity contribution in [1.29, 1.82) is 0 Å². The topological polar surface area (TPSA) is 105 Å². The molecule has 0 saturated heterocycles. The van der Waals surface area contributed by atoms with Crippen molar-refractivity contribution in [3.05, 3.63) is 88.4 Å². The number of azo groups is 1. The average molecular weight is 511 g/mol. The highest BCUT2D eigenvalue weighted by molar-refractivity contribution is 6.42. The van der Waals surface area contributed by atoms with Crippen LogP contribution in [0.25, 0.3) is 10.9 Å². The molecular weight excluding hydrogens is 491 g/mol. The molecule has 4 aromatic rings. The average Bonchev–Trinajstić information content (AvgIpc) is 3.13. The molecule has 8 nitrogen and oxygen atoms in total. The summed E-state index contributed by atoms with van der Waals surface area (Å²) < 4.78 is 6.97. The number of rotatable bonds is 8. The van der Waals surface area contributed by atoms with Crippen LogP contribution in [0.3, 0.4) is 0 Å². The summed E-state index contributed by atoms with van der Waals surface area (Å²) in [6.45, 7) is -0.301. The molecule has 0 atom stereocenters. The minimum absolute atomic E-state index is 0.146. The fraction of sp³-hybridized carbons (Fsp3) is 0.120. The van der Waals surface area contributed by atoms with Crippen LogP contribution in [-0.2, 0) is 16.1 Å². The first kappa shape index (κ1) is 24.3. The summed E-state index contributed by atoms with van der Waals surface area (Å²) in [5.41, 5.74) is 1.66. The lowest BCUT2D eigenvalue weighted by Gasteiger charge is -2.08. The van der Waals surface area contributed by atoms with E-state index in [-0.39, 0.29) is 24.7 Å². The van der Waals surface area contributed by atoms with Gasteiger partial charge in [0.1, 0.15) is 12.3 Å². The minimum Gasteiger partial charge on any atom is -0.493 e. The third kappa shape index (κ3) is 5.98. The molecule has 3 aromatic carbocycles. The molecule has 0 aliphatic heterocycles. The molecule has 1 aromatic heterocycles. The Bertz CT molecular complexity index is 1400. The highest BCUT2D eigenvalue weighted by Crippen LogP contribution is 2.39. The highest BCUT2D eigenvalue weighted by atomic mass is 35.5. The first-order valence-corrected chi connectivity index (χ1v) is 11.3. The van der Waals surface area contributed by atoms with Crippen molar-refractivity contribution in [2.45, 2.75) is 6.54 Å². The summed E-state index contributed by atoms with van der Waals surface area (Å²) in [5.74, 6) is -0.771. The van der Waals surface area contributed by atoms with Crippen LogP contribution in [0.5, 0.6) is 11.6 Å². The Kier molecular flexibility index (Phi) is 7.64. The molecule has 0 unspecified atom stereocenters. The van der Waals surface area contributed by atoms with Crippen LogP contribution >= 0.6 is 23.2 Å². The summed E-state index contributed by atoms with van der Waals surface area (Å²) in [6, 6.07) is 21.2. The first-order valence-electron chi connectivity index (χ1n) is 10.6. The Hall–Kier alpha value is -3.88. The summed E-state index contributed by atoms with van der Waals surface area (Å²) in [4.78, 5) is 24.1. The Morgan fingerprint density at radius 2 is 1.71 bits per heavy atom. The van der Waals surface area contributed by atoms with Gasteiger partial charge in [-0.2, -0.15) is 0 Å². The molecule has 0 aliphatic rings. The van der Waals surface area contributed by atoms with Crippen molar-refractivity contribution in [2.75, 3.05) is 13.2 Å². The van der Waals surface area contributed by atoms with Gasteiger partial charge in [-0.1, -0.05) is 65.7 Å². The number of nitrogens with one attached hydrogen (secondary N) is 1. The lowest BCUT2D eigenvalue weighted by molar-refractivity contribution is -0.126. The summed E-state index contributed by atoms with van der Waals surface area (Å²) >= 11 is 12.1. The second-order valence-corrected chi connectivity index (χ2v) is 8.31. The van der Waals surface area contributed by atoms with Gasteiger partial charge in [-0.25, -0.2) is 0 Å². The van der Waals surface area contributed by atoms with Gasteiger partial charge in [0.25, 0.3) is 11.8 Å². The van der Waals surface area contributed by atoms with E-state index in [2.05, 4.69) is 15.5 Å². The van der Waals surface area contributed by atoms with Crippen molar-refractivity contribution in [3.63, 3.8) is 0 Å². The van der Waals surface area contributed by atoms with Gasteiger partial charge in [-0.05, 0) is 35.9 Å². The molecule has 0 saturated carbocycles. The van der Waals surface area contributed by atoms with Gasteiger partial charge in [-0.15, -0.1) is 10.2 Å². The molecule has 4 rings (SSSR count). The number of amides is 2. The number of aromatic hydroxyl groups is 1. The number of hydrogen-bond donors (Lipinski definition) is 2. The van der Waals surface area contributed by atoms with E-state index in [4.69, 9.17) is 27.9 Å². The SMILES string of the molecule is O=C(CNC(=O)COc1ccccc1)N=Nc1c(O)n(Cc2ccc(Cl)c(Cl)c2)c2ccccc12. The number of halogens is 2. The van der Waals surface area contributed by atoms with Crippen LogP contribution < -0.4 is 10.1 Å². The van der Waals surface area contributed by atoms with Crippen LogP contribution in [-0.4, -0.2) is 34.6 Å². The van der Waals surface area contributed by atoms with E-state index >= 15 is 0 Å². The molecule has 178 valence electrons. The van der Waals surface area contributed by atoms with Gasteiger partial charge in [0.15, 0.2) is 12.3 Å². The van der Waals surface area contributed by atoms with E-state index in [0.29, 0.717) is 33.2 Å². The Morgan fingerprint density at radius 1 is 0.971 bits per heavy atom. The van der Waals surface area contributed by atoms with Gasteiger partial charge in [-0.3, -0.25) is 9.59 Å². The number of carbonyl (C=O) groups is 2. The Labute approximate surface area is 210 Å². The van der Waals surface area contributed by atoms with Crippen molar-refractivity contribution >= 4 is 51.6 Å². The normalized spacial score (nSPS) is 11.1. The maximum atomic E-state index is 12.2. The maximum absolute atomic E-state index is 12.2. The zero-order valence-electron chi connectivity index (χ0n) is 18.3. The largest absolute Gasteiger partial charge is 0.493 e. The van der Waals surface area contributed by atoms with Crippen molar-refractivity contribution < 1.29 is 19.4 Å². The molecule has 2 N–H and O–H groups in total. The van der Waals surface area contributed by atoms with E-state index in [1.54, 1.807) is 59.2 Å². The second-order valence-electron chi connectivity index (χ2n) is 7.50. The maximum Gasteiger partial charge on any atom is 0.283 e. The van der Waals surface area contributed by atoms with E-state index in [0.717, 1.165) is 5.56 Å². The number of aromatic nitrogens is 1. The van der Waals surface area contributed by atoms with Gasteiger partial charge < -0.3 is 19.7 Å². The number of carbonyl (C=O) groups excluding carboxylic acids is 2. The summed E-state index contributed by atoms with van der Waals surface area (Å²) in [6.07, 6.45) is 0. The fourth-order valence-electron chi connectivity index (χ4n) is 3.38. The molecule has 0 radical (unpaired) electrons. The quantitative estimate of drug-likeness (QED) is 0.305. The van der Waals surface area contributed by atoms with Crippen LogP contribution in [0.1, 0.15) is 5.56 Å². The fourth-order valence-corrected chi connectivity index (χ4v) is 3.70. The predicted octanol–water partition coefficient (Wildman–Crippen LogP) is 5.51. The van der Waals surface area contributed by atoms with Crippen molar-refractivity contribution in [3.8, 4) is 11.6 Å². The van der Waals surface area contributed by atoms with Crippen LogP contribution in [0.15, 0.2) is 83.0 Å². The zero-order valence-corrected chi connectivity index (χ0v) is 19.8. The van der Waals surface area contributed by atoms with Gasteiger partial charge in [0, 0.05) is 5.39 Å². The van der Waals surface area contributed by atoms with Crippen molar-refractivity contribution in [2.24, 2.45) is 10.2 Å². The summed E-state index contributed by atoms with van der Waals surface area (Å²) in [7, 11) is 0. The standard InChI is InChI=1S/C25H20Cl2N4O4/c26-19-11-10-16(12-20(19)27)14-31-21-9-5-4-8-18(21)24(25(31)34)30-29-22(32)13-28-23(33)15-35-17-6-2-1-3-7-17/h1-12,34H,13-15H2,(H,28,33).